The van der Waals surface area contributed by atoms with Gasteiger partial charge in [0.1, 0.15) is 11.2 Å². The molecule has 0 saturated heterocycles. The number of allylic oxidation sites excluding steroid dienone is 6. The quantitative estimate of drug-likeness (QED) is 0.163. The molecule has 0 unspecified atom stereocenters. The average Bonchev–Trinajstić information content (AvgIpc) is 3.73. The van der Waals surface area contributed by atoms with E-state index in [1.807, 2.05) is 60.7 Å². The predicted molar refractivity (Wildman–Crippen MR) is 238 cm³/mol. The second-order valence-corrected chi connectivity index (χ2v) is 14.8. The Morgan fingerprint density at radius 3 is 2.09 bits per heavy atom. The van der Waals surface area contributed by atoms with Crippen molar-refractivity contribution in [3.63, 3.8) is 0 Å². The summed E-state index contributed by atoms with van der Waals surface area (Å²) in [6.45, 7) is 0. The lowest BCUT2D eigenvalue weighted by molar-refractivity contribution is 0.669. The monoisotopic (exact) mass is 744 g/mol. The van der Waals surface area contributed by atoms with Gasteiger partial charge in [-0.1, -0.05) is 158 Å². The highest BCUT2D eigenvalue weighted by Crippen LogP contribution is 2.38. The van der Waals surface area contributed by atoms with Crippen molar-refractivity contribution in [2.24, 2.45) is 0 Å². The first-order valence-electron chi connectivity index (χ1n) is 19.7. The van der Waals surface area contributed by atoms with Crippen LogP contribution in [0.4, 0.5) is 0 Å². The number of fused-ring (bicyclic) bond motifs is 6. The fourth-order valence-electron chi connectivity index (χ4n) is 8.38. The molecule has 0 bridgehead atoms. The molecule has 0 saturated carbocycles. The van der Waals surface area contributed by atoms with Crippen LogP contribution >= 0.6 is 0 Å². The number of furan rings is 1. The highest BCUT2D eigenvalue weighted by atomic mass is 16.3. The van der Waals surface area contributed by atoms with Gasteiger partial charge in [-0.2, -0.15) is 0 Å². The fraction of sp³-hybridized carbons (Fsp3) is 0.0377. The lowest BCUT2D eigenvalue weighted by atomic mass is 9.99. The third kappa shape index (κ3) is 6.01. The van der Waals surface area contributed by atoms with Gasteiger partial charge in [-0.15, -0.1) is 0 Å². The summed E-state index contributed by atoms with van der Waals surface area (Å²) in [6, 6.07) is 59.1. The van der Waals surface area contributed by atoms with Crippen LogP contribution in [0.2, 0.25) is 0 Å². The minimum atomic E-state index is 0.597. The Kier molecular flexibility index (Phi) is 8.21. The van der Waals surface area contributed by atoms with Gasteiger partial charge >= 0.3 is 0 Å². The van der Waals surface area contributed by atoms with Crippen molar-refractivity contribution in [3.8, 4) is 39.9 Å². The molecule has 1 aliphatic carbocycles. The molecule has 11 rings (SSSR count). The SMILES string of the molecule is C1=CC(Cc2ccccc2)=CCC(c2ccc3c4ccccc4n(-c4cccc(-c5nc(-c6ccccc6)nc(-c6cccc7oc8ccccc8c67)n5)c4)c3c2)=C1. The third-order valence-corrected chi connectivity index (χ3v) is 11.2. The van der Waals surface area contributed by atoms with Crippen LogP contribution in [0.15, 0.2) is 204 Å². The summed E-state index contributed by atoms with van der Waals surface area (Å²) in [6.07, 6.45) is 10.9. The molecule has 58 heavy (non-hydrogen) atoms. The van der Waals surface area contributed by atoms with E-state index in [-0.39, 0.29) is 0 Å². The molecule has 7 aromatic carbocycles. The summed E-state index contributed by atoms with van der Waals surface area (Å²) >= 11 is 0. The first-order chi connectivity index (χ1) is 28.7. The van der Waals surface area contributed by atoms with Crippen molar-refractivity contribution >= 4 is 49.3 Å². The summed E-state index contributed by atoms with van der Waals surface area (Å²) < 4.78 is 8.64. The second-order valence-electron chi connectivity index (χ2n) is 14.8. The molecule has 3 heterocycles. The molecule has 10 aromatic rings. The zero-order valence-corrected chi connectivity index (χ0v) is 31.6. The van der Waals surface area contributed by atoms with Crippen LogP contribution in [-0.4, -0.2) is 19.5 Å². The summed E-state index contributed by atoms with van der Waals surface area (Å²) in [4.78, 5) is 15.4. The van der Waals surface area contributed by atoms with E-state index in [0.29, 0.717) is 17.5 Å². The summed E-state index contributed by atoms with van der Waals surface area (Å²) in [5.41, 5.74) is 12.8. The lowest BCUT2D eigenvalue weighted by Crippen LogP contribution is -2.01. The maximum atomic E-state index is 6.27. The Bertz CT molecular complexity index is 3280. The number of hydrogen-bond acceptors (Lipinski definition) is 4. The molecule has 5 nitrogen and oxygen atoms in total. The largest absolute Gasteiger partial charge is 0.456 e. The van der Waals surface area contributed by atoms with Gasteiger partial charge in [-0.3, -0.25) is 0 Å². The van der Waals surface area contributed by atoms with Crippen LogP contribution in [0.5, 0.6) is 0 Å². The van der Waals surface area contributed by atoms with Crippen LogP contribution in [0.25, 0.3) is 89.2 Å². The molecular weight excluding hydrogens is 709 g/mol. The van der Waals surface area contributed by atoms with Crippen LogP contribution < -0.4 is 0 Å². The third-order valence-electron chi connectivity index (χ3n) is 11.2. The summed E-state index contributed by atoms with van der Waals surface area (Å²) in [7, 11) is 0. The normalized spacial score (nSPS) is 13.0. The highest BCUT2D eigenvalue weighted by Gasteiger charge is 2.19. The molecule has 0 fully saturated rings. The molecule has 0 radical (unpaired) electrons. The van der Waals surface area contributed by atoms with Crippen LogP contribution in [-0.2, 0) is 6.42 Å². The Morgan fingerprint density at radius 2 is 1.21 bits per heavy atom. The first kappa shape index (κ1) is 33.7. The van der Waals surface area contributed by atoms with Gasteiger partial charge in [0.15, 0.2) is 17.5 Å². The molecule has 0 atom stereocenters. The van der Waals surface area contributed by atoms with E-state index < -0.39 is 0 Å². The Morgan fingerprint density at radius 1 is 0.517 bits per heavy atom. The van der Waals surface area contributed by atoms with E-state index in [9.17, 15) is 0 Å². The van der Waals surface area contributed by atoms with Crippen molar-refractivity contribution in [2.45, 2.75) is 12.8 Å². The van der Waals surface area contributed by atoms with Crippen molar-refractivity contribution in [3.05, 3.63) is 211 Å². The number of nitrogens with zero attached hydrogens (tertiary/aromatic N) is 4. The van der Waals surface area contributed by atoms with Crippen molar-refractivity contribution < 1.29 is 4.42 Å². The fourth-order valence-corrected chi connectivity index (χ4v) is 8.38. The highest BCUT2D eigenvalue weighted by molar-refractivity contribution is 6.12. The van der Waals surface area contributed by atoms with E-state index in [4.69, 9.17) is 19.4 Å². The second kappa shape index (κ2) is 14.1. The number of benzene rings is 7. The zero-order chi connectivity index (χ0) is 38.4. The van der Waals surface area contributed by atoms with Gasteiger partial charge in [-0.25, -0.2) is 15.0 Å². The van der Waals surface area contributed by atoms with Crippen LogP contribution in [0.3, 0.4) is 0 Å². The zero-order valence-electron chi connectivity index (χ0n) is 31.6. The number of rotatable bonds is 7. The molecule has 1 aliphatic rings. The van der Waals surface area contributed by atoms with E-state index in [1.54, 1.807) is 0 Å². The number of aromatic nitrogens is 4. The summed E-state index contributed by atoms with van der Waals surface area (Å²) in [5, 5.41) is 4.45. The molecular formula is C53H36N4O. The molecule has 0 N–H and O–H groups in total. The Balaban J connectivity index is 1.04. The van der Waals surface area contributed by atoms with Crippen molar-refractivity contribution in [2.75, 3.05) is 0 Å². The average molecular weight is 745 g/mol. The lowest BCUT2D eigenvalue weighted by Gasteiger charge is -2.12. The minimum Gasteiger partial charge on any atom is -0.456 e. The number of para-hydroxylation sites is 2. The van der Waals surface area contributed by atoms with Gasteiger partial charge in [0.25, 0.3) is 0 Å². The molecule has 3 aromatic heterocycles. The van der Waals surface area contributed by atoms with Gasteiger partial charge in [-0.05, 0) is 71.5 Å². The van der Waals surface area contributed by atoms with Crippen molar-refractivity contribution in [1.29, 1.82) is 0 Å². The maximum Gasteiger partial charge on any atom is 0.164 e. The molecule has 5 heteroatoms. The maximum absolute atomic E-state index is 6.27. The molecule has 0 aliphatic heterocycles. The van der Waals surface area contributed by atoms with E-state index in [1.165, 1.54) is 33.0 Å². The predicted octanol–water partition coefficient (Wildman–Crippen LogP) is 13.4. The van der Waals surface area contributed by atoms with E-state index >= 15 is 0 Å². The molecule has 0 amide bonds. The Labute approximate surface area is 335 Å². The topological polar surface area (TPSA) is 56.7 Å². The van der Waals surface area contributed by atoms with Crippen LogP contribution in [0, 0.1) is 0 Å². The number of hydrogen-bond donors (Lipinski definition) is 0. The first-order valence-corrected chi connectivity index (χ1v) is 19.7. The van der Waals surface area contributed by atoms with Gasteiger partial charge in [0.2, 0.25) is 0 Å². The van der Waals surface area contributed by atoms with Gasteiger partial charge in [0.05, 0.1) is 11.0 Å². The summed E-state index contributed by atoms with van der Waals surface area (Å²) in [5.74, 6) is 1.81. The van der Waals surface area contributed by atoms with Crippen molar-refractivity contribution in [1.82, 2.24) is 19.5 Å². The minimum absolute atomic E-state index is 0.597. The standard InChI is InChI=1S/C53H36N4O/c1-3-14-35(15-4-1)32-36-16-11-19-37(29-28-36)39-30-31-43-42-22-7-9-25-46(42)57(47(43)34-39)41-21-12-20-40(33-41)52-54-51(38-17-5-2-6-18-38)55-53(56-52)45-24-13-27-49-50(45)44-23-8-10-26-48(44)58-49/h1-28,30-31,33-34H,29,32H2. The Hall–Kier alpha value is -7.63. The van der Waals surface area contributed by atoms with E-state index in [0.717, 1.165) is 68.2 Å². The molecule has 274 valence electrons. The smallest absolute Gasteiger partial charge is 0.164 e. The van der Waals surface area contributed by atoms with Gasteiger partial charge in [0, 0.05) is 43.9 Å². The van der Waals surface area contributed by atoms with Crippen LogP contribution in [0.1, 0.15) is 17.5 Å². The van der Waals surface area contributed by atoms with E-state index in [2.05, 4.69) is 138 Å². The molecule has 0 spiro atoms. The van der Waals surface area contributed by atoms with Gasteiger partial charge < -0.3 is 8.98 Å².